The van der Waals surface area contributed by atoms with E-state index >= 15 is 0 Å². The summed E-state index contributed by atoms with van der Waals surface area (Å²) in [7, 11) is 1.80. The van der Waals surface area contributed by atoms with E-state index in [1.165, 1.54) is 12.8 Å². The van der Waals surface area contributed by atoms with Gasteiger partial charge in [-0.05, 0) is 32.2 Å². The SMILES string of the molecule is CCNC(C)C(COC)C1CC1. The van der Waals surface area contributed by atoms with Gasteiger partial charge in [0.15, 0.2) is 0 Å². The Hall–Kier alpha value is -0.0800. The van der Waals surface area contributed by atoms with Crippen molar-refractivity contribution in [3.8, 4) is 0 Å². The van der Waals surface area contributed by atoms with Crippen LogP contribution in [-0.2, 0) is 4.74 Å². The van der Waals surface area contributed by atoms with Gasteiger partial charge in [-0.2, -0.15) is 0 Å². The molecular weight excluding hydrogens is 150 g/mol. The first-order valence-corrected chi connectivity index (χ1v) is 5.02. The molecule has 1 fully saturated rings. The smallest absolute Gasteiger partial charge is 0.0507 e. The van der Waals surface area contributed by atoms with Gasteiger partial charge in [0.05, 0.1) is 6.61 Å². The molecule has 0 aromatic heterocycles. The zero-order valence-electron chi connectivity index (χ0n) is 8.47. The lowest BCUT2D eigenvalue weighted by atomic mass is 9.97. The van der Waals surface area contributed by atoms with E-state index in [0.29, 0.717) is 6.04 Å². The number of nitrogens with one attached hydrogen (secondary N) is 1. The van der Waals surface area contributed by atoms with Gasteiger partial charge in [0, 0.05) is 19.1 Å². The molecular formula is C10H21NO. The third-order valence-corrected chi connectivity index (χ3v) is 2.75. The molecule has 1 N–H and O–H groups in total. The topological polar surface area (TPSA) is 21.3 Å². The molecule has 2 unspecified atom stereocenters. The lowest BCUT2D eigenvalue weighted by Crippen LogP contribution is -2.36. The fourth-order valence-electron chi connectivity index (χ4n) is 1.88. The highest BCUT2D eigenvalue weighted by Gasteiger charge is 2.34. The highest BCUT2D eigenvalue weighted by atomic mass is 16.5. The van der Waals surface area contributed by atoms with Crippen LogP contribution < -0.4 is 5.32 Å². The van der Waals surface area contributed by atoms with Crippen molar-refractivity contribution >= 4 is 0 Å². The fourth-order valence-corrected chi connectivity index (χ4v) is 1.88. The van der Waals surface area contributed by atoms with E-state index in [1.807, 2.05) is 0 Å². The molecule has 0 saturated heterocycles. The van der Waals surface area contributed by atoms with E-state index in [4.69, 9.17) is 4.74 Å². The lowest BCUT2D eigenvalue weighted by molar-refractivity contribution is 0.122. The first-order chi connectivity index (χ1) is 5.79. The Kier molecular flexibility index (Phi) is 4.02. The zero-order chi connectivity index (χ0) is 8.97. The van der Waals surface area contributed by atoms with Crippen molar-refractivity contribution in [3.05, 3.63) is 0 Å². The van der Waals surface area contributed by atoms with Crippen molar-refractivity contribution in [1.29, 1.82) is 0 Å². The molecule has 0 aromatic carbocycles. The zero-order valence-corrected chi connectivity index (χ0v) is 8.47. The standard InChI is InChI=1S/C10H21NO/c1-4-11-8(2)10(7-12-3)9-5-6-9/h8-11H,4-7H2,1-3H3. The second-order valence-electron chi connectivity index (χ2n) is 3.80. The summed E-state index contributed by atoms with van der Waals surface area (Å²) < 4.78 is 5.23. The highest BCUT2D eigenvalue weighted by Crippen LogP contribution is 2.38. The lowest BCUT2D eigenvalue weighted by Gasteiger charge is -2.23. The molecule has 2 nitrogen and oxygen atoms in total. The molecule has 1 aliphatic rings. The molecule has 0 aromatic rings. The summed E-state index contributed by atoms with van der Waals surface area (Å²) >= 11 is 0. The molecule has 72 valence electrons. The largest absolute Gasteiger partial charge is 0.384 e. The van der Waals surface area contributed by atoms with Crippen LogP contribution in [0, 0.1) is 11.8 Å². The van der Waals surface area contributed by atoms with Crippen LogP contribution in [0.2, 0.25) is 0 Å². The summed E-state index contributed by atoms with van der Waals surface area (Å²) in [5, 5.41) is 3.47. The van der Waals surface area contributed by atoms with Crippen molar-refractivity contribution in [3.63, 3.8) is 0 Å². The Morgan fingerprint density at radius 3 is 2.58 bits per heavy atom. The average molecular weight is 171 g/mol. The predicted molar refractivity (Wildman–Crippen MR) is 51.2 cm³/mol. The Morgan fingerprint density at radius 2 is 2.17 bits per heavy atom. The minimum absolute atomic E-state index is 0.613. The summed E-state index contributed by atoms with van der Waals surface area (Å²) in [5.41, 5.74) is 0. The van der Waals surface area contributed by atoms with Crippen LogP contribution in [0.25, 0.3) is 0 Å². The maximum Gasteiger partial charge on any atom is 0.0507 e. The first-order valence-electron chi connectivity index (χ1n) is 5.02. The van der Waals surface area contributed by atoms with Gasteiger partial charge < -0.3 is 10.1 Å². The summed E-state index contributed by atoms with van der Waals surface area (Å²) in [4.78, 5) is 0. The number of hydrogen-bond donors (Lipinski definition) is 1. The van der Waals surface area contributed by atoms with Crippen LogP contribution in [0.1, 0.15) is 26.7 Å². The van der Waals surface area contributed by atoms with Gasteiger partial charge in [-0.3, -0.25) is 0 Å². The number of methoxy groups -OCH3 is 1. The molecule has 2 atom stereocenters. The van der Waals surface area contributed by atoms with Gasteiger partial charge in [0.25, 0.3) is 0 Å². The van der Waals surface area contributed by atoms with Gasteiger partial charge in [0.1, 0.15) is 0 Å². The molecule has 0 bridgehead atoms. The van der Waals surface area contributed by atoms with Crippen molar-refractivity contribution in [1.82, 2.24) is 5.32 Å². The molecule has 0 spiro atoms. The molecule has 0 heterocycles. The second-order valence-corrected chi connectivity index (χ2v) is 3.80. The summed E-state index contributed by atoms with van der Waals surface area (Å²) in [5.74, 6) is 1.66. The van der Waals surface area contributed by atoms with Gasteiger partial charge in [-0.1, -0.05) is 6.92 Å². The van der Waals surface area contributed by atoms with Gasteiger partial charge in [0.2, 0.25) is 0 Å². The number of ether oxygens (including phenoxy) is 1. The number of rotatable bonds is 6. The highest BCUT2D eigenvalue weighted by molar-refractivity contribution is 4.86. The quantitative estimate of drug-likeness (QED) is 0.656. The van der Waals surface area contributed by atoms with Gasteiger partial charge in [-0.15, -0.1) is 0 Å². The monoisotopic (exact) mass is 171 g/mol. The van der Waals surface area contributed by atoms with E-state index < -0.39 is 0 Å². The minimum atomic E-state index is 0.613. The molecule has 1 saturated carbocycles. The van der Waals surface area contributed by atoms with Crippen LogP contribution in [0.15, 0.2) is 0 Å². The third kappa shape index (κ3) is 2.76. The van der Waals surface area contributed by atoms with Crippen LogP contribution in [0.3, 0.4) is 0 Å². The maximum atomic E-state index is 5.23. The van der Waals surface area contributed by atoms with E-state index in [9.17, 15) is 0 Å². The van der Waals surface area contributed by atoms with E-state index in [0.717, 1.165) is 25.0 Å². The van der Waals surface area contributed by atoms with Crippen molar-refractivity contribution in [2.24, 2.45) is 11.8 Å². The van der Waals surface area contributed by atoms with Crippen molar-refractivity contribution in [2.75, 3.05) is 20.3 Å². The fraction of sp³-hybridized carbons (Fsp3) is 1.00. The van der Waals surface area contributed by atoms with E-state index in [2.05, 4.69) is 19.2 Å². The average Bonchev–Trinajstić information content (AvgIpc) is 2.83. The summed E-state index contributed by atoms with van der Waals surface area (Å²) in [6, 6.07) is 0.613. The Bertz CT molecular complexity index is 123. The van der Waals surface area contributed by atoms with Crippen LogP contribution in [-0.4, -0.2) is 26.3 Å². The summed E-state index contributed by atoms with van der Waals surface area (Å²) in [6.45, 7) is 6.41. The first kappa shape index (κ1) is 10.0. The second kappa shape index (κ2) is 4.83. The molecule has 1 rings (SSSR count). The minimum Gasteiger partial charge on any atom is -0.384 e. The third-order valence-electron chi connectivity index (χ3n) is 2.75. The van der Waals surface area contributed by atoms with Gasteiger partial charge in [-0.25, -0.2) is 0 Å². The van der Waals surface area contributed by atoms with E-state index in [-0.39, 0.29) is 0 Å². The molecule has 0 aliphatic heterocycles. The molecule has 2 heteroatoms. The van der Waals surface area contributed by atoms with E-state index in [1.54, 1.807) is 7.11 Å². The molecule has 1 aliphatic carbocycles. The molecule has 0 amide bonds. The molecule has 0 radical (unpaired) electrons. The van der Waals surface area contributed by atoms with Gasteiger partial charge >= 0.3 is 0 Å². The normalized spacial score (nSPS) is 22.2. The van der Waals surface area contributed by atoms with Crippen LogP contribution in [0.4, 0.5) is 0 Å². The van der Waals surface area contributed by atoms with Crippen molar-refractivity contribution < 1.29 is 4.74 Å². The number of hydrogen-bond acceptors (Lipinski definition) is 2. The predicted octanol–water partition coefficient (Wildman–Crippen LogP) is 1.66. The maximum absolute atomic E-state index is 5.23. The Morgan fingerprint density at radius 1 is 1.50 bits per heavy atom. The van der Waals surface area contributed by atoms with Crippen LogP contribution >= 0.6 is 0 Å². The summed E-state index contributed by atoms with van der Waals surface area (Å²) in [6.07, 6.45) is 2.81. The molecule has 12 heavy (non-hydrogen) atoms. The van der Waals surface area contributed by atoms with Crippen LogP contribution in [0.5, 0.6) is 0 Å². The Labute approximate surface area is 75.7 Å². The van der Waals surface area contributed by atoms with Crippen molar-refractivity contribution in [2.45, 2.75) is 32.7 Å². The Balaban J connectivity index is 2.29.